The van der Waals surface area contributed by atoms with Crippen LogP contribution in [0.3, 0.4) is 0 Å². The summed E-state index contributed by atoms with van der Waals surface area (Å²) in [4.78, 5) is 0. The Morgan fingerprint density at radius 2 is 2.08 bits per heavy atom. The van der Waals surface area contributed by atoms with Gasteiger partial charge >= 0.3 is 0 Å². The molecule has 0 spiro atoms. The number of hydrogen-bond acceptors (Lipinski definition) is 2. The first kappa shape index (κ1) is 11.4. The van der Waals surface area contributed by atoms with E-state index in [0.29, 0.717) is 0 Å². The molecule has 78 valence electrons. The van der Waals surface area contributed by atoms with Crippen molar-refractivity contribution in [3.8, 4) is 0 Å². The fourth-order valence-electron chi connectivity index (χ4n) is 2.08. The topological polar surface area (TPSA) is 12.0 Å². The molecule has 0 aromatic rings. The van der Waals surface area contributed by atoms with E-state index in [2.05, 4.69) is 18.5 Å². The molecule has 0 saturated heterocycles. The number of hydrogen-bond donors (Lipinski definition) is 1. The van der Waals surface area contributed by atoms with Crippen molar-refractivity contribution in [3.63, 3.8) is 0 Å². The van der Waals surface area contributed by atoms with Crippen molar-refractivity contribution in [2.45, 2.75) is 56.7 Å². The molecule has 0 aliphatic heterocycles. The van der Waals surface area contributed by atoms with E-state index in [9.17, 15) is 0 Å². The minimum atomic E-state index is 0.801. The SMILES string of the molecule is CCCCNC1CCCCC1SC. The molecule has 0 bridgehead atoms. The van der Waals surface area contributed by atoms with Crippen LogP contribution in [-0.2, 0) is 0 Å². The molecular weight excluding hydrogens is 178 g/mol. The van der Waals surface area contributed by atoms with Gasteiger partial charge in [-0.15, -0.1) is 0 Å². The summed E-state index contributed by atoms with van der Waals surface area (Å²) in [5.74, 6) is 0. The Morgan fingerprint density at radius 1 is 1.31 bits per heavy atom. The molecule has 0 aromatic heterocycles. The second-order valence-corrected chi connectivity index (χ2v) is 5.05. The highest BCUT2D eigenvalue weighted by Crippen LogP contribution is 2.26. The number of thioether (sulfide) groups is 1. The standard InChI is InChI=1S/C11H23NS/c1-3-4-9-12-10-7-5-6-8-11(10)13-2/h10-12H,3-9H2,1-2H3. The van der Waals surface area contributed by atoms with E-state index in [1.807, 2.05) is 11.8 Å². The van der Waals surface area contributed by atoms with Crippen LogP contribution in [0.15, 0.2) is 0 Å². The van der Waals surface area contributed by atoms with Gasteiger partial charge in [-0.2, -0.15) is 11.8 Å². The van der Waals surface area contributed by atoms with Gasteiger partial charge in [-0.05, 0) is 32.1 Å². The van der Waals surface area contributed by atoms with Crippen molar-refractivity contribution < 1.29 is 0 Å². The quantitative estimate of drug-likeness (QED) is 0.686. The Kier molecular flexibility index (Phi) is 5.88. The molecule has 2 heteroatoms. The van der Waals surface area contributed by atoms with E-state index in [1.165, 1.54) is 45.1 Å². The summed E-state index contributed by atoms with van der Waals surface area (Å²) in [6.07, 6.45) is 10.6. The molecule has 1 aliphatic carbocycles. The van der Waals surface area contributed by atoms with Crippen molar-refractivity contribution in [3.05, 3.63) is 0 Å². The van der Waals surface area contributed by atoms with Gasteiger partial charge in [0.15, 0.2) is 0 Å². The molecule has 13 heavy (non-hydrogen) atoms. The molecule has 2 atom stereocenters. The molecular formula is C11H23NS. The maximum absolute atomic E-state index is 3.70. The predicted molar refractivity (Wildman–Crippen MR) is 62.5 cm³/mol. The van der Waals surface area contributed by atoms with Gasteiger partial charge in [0.25, 0.3) is 0 Å². The van der Waals surface area contributed by atoms with Crippen LogP contribution in [0.2, 0.25) is 0 Å². The van der Waals surface area contributed by atoms with Gasteiger partial charge in [0, 0.05) is 11.3 Å². The van der Waals surface area contributed by atoms with Crippen molar-refractivity contribution in [1.82, 2.24) is 5.32 Å². The zero-order chi connectivity index (χ0) is 9.52. The van der Waals surface area contributed by atoms with Crippen LogP contribution in [0.1, 0.15) is 45.4 Å². The van der Waals surface area contributed by atoms with E-state index >= 15 is 0 Å². The average Bonchev–Trinajstić information content (AvgIpc) is 2.19. The average molecular weight is 201 g/mol. The zero-order valence-electron chi connectivity index (χ0n) is 9.01. The minimum Gasteiger partial charge on any atom is -0.313 e. The third-order valence-corrected chi connectivity index (χ3v) is 4.11. The lowest BCUT2D eigenvalue weighted by Crippen LogP contribution is -2.40. The van der Waals surface area contributed by atoms with Gasteiger partial charge in [0.05, 0.1) is 0 Å². The maximum atomic E-state index is 3.70. The molecule has 0 aromatic carbocycles. The molecule has 1 rings (SSSR count). The van der Waals surface area contributed by atoms with Crippen LogP contribution in [0.5, 0.6) is 0 Å². The van der Waals surface area contributed by atoms with Crippen molar-refractivity contribution in [1.29, 1.82) is 0 Å². The summed E-state index contributed by atoms with van der Waals surface area (Å²) in [6.45, 7) is 3.48. The largest absolute Gasteiger partial charge is 0.313 e. The van der Waals surface area contributed by atoms with Crippen LogP contribution in [-0.4, -0.2) is 24.1 Å². The van der Waals surface area contributed by atoms with E-state index in [0.717, 1.165) is 11.3 Å². The second-order valence-electron chi connectivity index (χ2n) is 3.97. The van der Waals surface area contributed by atoms with Gasteiger partial charge in [-0.1, -0.05) is 26.2 Å². The van der Waals surface area contributed by atoms with Crippen molar-refractivity contribution in [2.24, 2.45) is 0 Å². The van der Waals surface area contributed by atoms with Crippen LogP contribution in [0.25, 0.3) is 0 Å². The Hall–Kier alpha value is 0.310. The highest BCUT2D eigenvalue weighted by Gasteiger charge is 2.22. The Morgan fingerprint density at radius 3 is 2.77 bits per heavy atom. The van der Waals surface area contributed by atoms with Crippen LogP contribution < -0.4 is 5.32 Å². The summed E-state index contributed by atoms with van der Waals surface area (Å²) in [5.41, 5.74) is 0. The molecule has 1 aliphatic rings. The van der Waals surface area contributed by atoms with E-state index in [-0.39, 0.29) is 0 Å². The number of nitrogens with one attached hydrogen (secondary N) is 1. The van der Waals surface area contributed by atoms with Gasteiger partial charge in [0.2, 0.25) is 0 Å². The normalized spacial score (nSPS) is 29.1. The fourth-order valence-corrected chi connectivity index (χ4v) is 3.04. The number of rotatable bonds is 5. The Bertz CT molecular complexity index is 127. The van der Waals surface area contributed by atoms with E-state index < -0.39 is 0 Å². The Balaban J connectivity index is 2.19. The first-order valence-electron chi connectivity index (χ1n) is 5.64. The van der Waals surface area contributed by atoms with Crippen LogP contribution >= 0.6 is 11.8 Å². The fraction of sp³-hybridized carbons (Fsp3) is 1.00. The summed E-state index contributed by atoms with van der Waals surface area (Å²) >= 11 is 2.05. The molecule has 0 radical (unpaired) electrons. The predicted octanol–water partition coefficient (Wildman–Crippen LogP) is 3.05. The Labute approximate surface area is 87.1 Å². The molecule has 1 saturated carbocycles. The summed E-state index contributed by atoms with van der Waals surface area (Å²) < 4.78 is 0. The van der Waals surface area contributed by atoms with E-state index in [4.69, 9.17) is 0 Å². The third-order valence-electron chi connectivity index (χ3n) is 2.94. The highest BCUT2D eigenvalue weighted by atomic mass is 32.2. The van der Waals surface area contributed by atoms with Crippen LogP contribution in [0, 0.1) is 0 Å². The van der Waals surface area contributed by atoms with Gasteiger partial charge in [-0.3, -0.25) is 0 Å². The maximum Gasteiger partial charge on any atom is 0.0198 e. The first-order valence-corrected chi connectivity index (χ1v) is 6.93. The molecule has 0 heterocycles. The monoisotopic (exact) mass is 201 g/mol. The number of unbranched alkanes of at least 4 members (excludes halogenated alkanes) is 1. The smallest absolute Gasteiger partial charge is 0.0198 e. The lowest BCUT2D eigenvalue weighted by molar-refractivity contribution is 0.382. The zero-order valence-corrected chi connectivity index (χ0v) is 9.83. The van der Waals surface area contributed by atoms with Gasteiger partial charge in [-0.25, -0.2) is 0 Å². The lowest BCUT2D eigenvalue weighted by Gasteiger charge is -2.31. The van der Waals surface area contributed by atoms with Crippen molar-refractivity contribution >= 4 is 11.8 Å². The summed E-state index contributed by atoms with van der Waals surface area (Å²) in [6, 6.07) is 0.801. The van der Waals surface area contributed by atoms with Crippen molar-refractivity contribution in [2.75, 3.05) is 12.8 Å². The lowest BCUT2D eigenvalue weighted by atomic mass is 9.95. The van der Waals surface area contributed by atoms with Crippen LogP contribution in [0.4, 0.5) is 0 Å². The summed E-state index contributed by atoms with van der Waals surface area (Å²) in [7, 11) is 0. The minimum absolute atomic E-state index is 0.801. The molecule has 2 unspecified atom stereocenters. The molecule has 1 N–H and O–H groups in total. The molecule has 1 nitrogen and oxygen atoms in total. The van der Waals surface area contributed by atoms with Gasteiger partial charge < -0.3 is 5.32 Å². The van der Waals surface area contributed by atoms with Gasteiger partial charge in [0.1, 0.15) is 0 Å². The molecule has 0 amide bonds. The summed E-state index contributed by atoms with van der Waals surface area (Å²) in [5, 5.41) is 4.58. The van der Waals surface area contributed by atoms with E-state index in [1.54, 1.807) is 0 Å². The third kappa shape index (κ3) is 3.90. The second kappa shape index (κ2) is 6.72. The highest BCUT2D eigenvalue weighted by molar-refractivity contribution is 7.99. The molecule has 1 fully saturated rings. The first-order chi connectivity index (χ1) is 6.38.